The van der Waals surface area contributed by atoms with E-state index in [1.165, 1.54) is 16.2 Å². The third-order valence-electron chi connectivity index (χ3n) is 5.69. The number of hydrogen-bond acceptors (Lipinski definition) is 6. The highest BCUT2D eigenvalue weighted by Crippen LogP contribution is 2.23. The van der Waals surface area contributed by atoms with Gasteiger partial charge in [0, 0.05) is 26.2 Å². The Bertz CT molecular complexity index is 1140. The minimum atomic E-state index is -4.02. The predicted molar refractivity (Wildman–Crippen MR) is 118 cm³/mol. The molecule has 9 nitrogen and oxygen atoms in total. The molecule has 0 unspecified atom stereocenters. The summed E-state index contributed by atoms with van der Waals surface area (Å²) in [7, 11) is -4.02. The summed E-state index contributed by atoms with van der Waals surface area (Å²) in [5.74, 6) is -1.85. The lowest BCUT2D eigenvalue weighted by atomic mass is 10.1. The zero-order valence-corrected chi connectivity index (χ0v) is 19.2. The van der Waals surface area contributed by atoms with Crippen molar-refractivity contribution in [3.63, 3.8) is 0 Å². The topological polar surface area (TPSA) is 116 Å². The number of rotatable bonds is 5. The molecule has 0 saturated carbocycles. The van der Waals surface area contributed by atoms with Crippen LogP contribution in [0.2, 0.25) is 0 Å². The van der Waals surface area contributed by atoms with E-state index in [0.717, 1.165) is 28.6 Å². The van der Waals surface area contributed by atoms with Crippen LogP contribution in [0.3, 0.4) is 0 Å². The lowest BCUT2D eigenvalue weighted by Gasteiger charge is -2.40. The summed E-state index contributed by atoms with van der Waals surface area (Å²) in [6, 6.07) is 5.91. The smallest absolute Gasteiger partial charge is 0.264 e. The van der Waals surface area contributed by atoms with Gasteiger partial charge in [0.2, 0.25) is 21.8 Å². The summed E-state index contributed by atoms with van der Waals surface area (Å²) in [4.78, 5) is 40.0. The number of hydrogen-bond donors (Lipinski definition) is 2. The van der Waals surface area contributed by atoms with Crippen LogP contribution in [0.25, 0.3) is 0 Å². The predicted octanol–water partition coefficient (Wildman–Crippen LogP) is 0.797. The van der Waals surface area contributed by atoms with Crippen molar-refractivity contribution in [2.45, 2.75) is 29.8 Å². The van der Waals surface area contributed by atoms with Gasteiger partial charge < -0.3 is 15.5 Å². The molecule has 0 aliphatic carbocycles. The van der Waals surface area contributed by atoms with E-state index < -0.39 is 33.8 Å². The second-order valence-electron chi connectivity index (χ2n) is 7.80. The Morgan fingerprint density at radius 3 is 2.58 bits per heavy atom. The average Bonchev–Trinajstić information content (AvgIpc) is 3.35. The molecule has 176 valence electrons. The van der Waals surface area contributed by atoms with Gasteiger partial charge in [-0.1, -0.05) is 6.07 Å². The second-order valence-corrected chi connectivity index (χ2v) is 10.7. The number of thiophene rings is 1. The lowest BCUT2D eigenvalue weighted by Crippen LogP contribution is -2.63. The van der Waals surface area contributed by atoms with Gasteiger partial charge in [0.05, 0.1) is 9.77 Å². The summed E-state index contributed by atoms with van der Waals surface area (Å²) in [6.45, 7) is 0.217. The SMILES string of the molecule is O=C1NCCC[C@@H]1NC(=O)[C@H]1CN(S(=O)(=O)c2ccc(F)cc2)CCN1C(=O)c1cccs1. The van der Waals surface area contributed by atoms with Gasteiger partial charge in [-0.25, -0.2) is 12.8 Å². The van der Waals surface area contributed by atoms with Gasteiger partial charge >= 0.3 is 0 Å². The van der Waals surface area contributed by atoms with Crippen LogP contribution in [-0.4, -0.2) is 73.6 Å². The van der Waals surface area contributed by atoms with Crippen LogP contribution >= 0.6 is 11.3 Å². The number of carbonyl (C=O) groups is 3. The quantitative estimate of drug-likeness (QED) is 0.638. The third-order valence-corrected chi connectivity index (χ3v) is 8.43. The Balaban J connectivity index is 1.59. The number of amides is 3. The molecule has 2 aliphatic rings. The summed E-state index contributed by atoms with van der Waals surface area (Å²) in [6.07, 6.45) is 1.16. The zero-order valence-electron chi connectivity index (χ0n) is 17.6. The van der Waals surface area contributed by atoms with Crippen molar-refractivity contribution in [1.82, 2.24) is 19.8 Å². The van der Waals surface area contributed by atoms with Crippen LogP contribution in [0.4, 0.5) is 4.39 Å². The van der Waals surface area contributed by atoms with Crippen molar-refractivity contribution in [2.24, 2.45) is 0 Å². The molecule has 2 saturated heterocycles. The fourth-order valence-electron chi connectivity index (χ4n) is 3.92. The van der Waals surface area contributed by atoms with E-state index >= 15 is 0 Å². The number of carbonyl (C=O) groups excluding carboxylic acids is 3. The maximum absolute atomic E-state index is 13.3. The fraction of sp³-hybridized carbons (Fsp3) is 0.381. The van der Waals surface area contributed by atoms with Gasteiger partial charge in [0.25, 0.3) is 5.91 Å². The van der Waals surface area contributed by atoms with Gasteiger partial charge in [-0.15, -0.1) is 11.3 Å². The molecule has 3 amide bonds. The maximum atomic E-state index is 13.3. The highest BCUT2D eigenvalue weighted by atomic mass is 32.2. The summed E-state index contributed by atoms with van der Waals surface area (Å²) >= 11 is 1.22. The monoisotopic (exact) mass is 494 g/mol. The molecule has 2 aliphatic heterocycles. The highest BCUT2D eigenvalue weighted by Gasteiger charge is 2.41. The van der Waals surface area contributed by atoms with Crippen LogP contribution in [0, 0.1) is 5.82 Å². The molecule has 1 aromatic heterocycles. The molecule has 2 aromatic rings. The molecule has 2 fully saturated rings. The normalized spacial score (nSPS) is 22.0. The van der Waals surface area contributed by atoms with E-state index in [4.69, 9.17) is 0 Å². The van der Waals surface area contributed by atoms with Crippen molar-refractivity contribution in [3.05, 3.63) is 52.5 Å². The minimum Gasteiger partial charge on any atom is -0.354 e. The van der Waals surface area contributed by atoms with Crippen LogP contribution < -0.4 is 10.6 Å². The average molecular weight is 495 g/mol. The number of piperidine rings is 1. The first kappa shape index (κ1) is 23.3. The first-order valence-electron chi connectivity index (χ1n) is 10.5. The highest BCUT2D eigenvalue weighted by molar-refractivity contribution is 7.89. The zero-order chi connectivity index (χ0) is 23.6. The molecule has 0 spiro atoms. The molecule has 12 heteroatoms. The molecule has 0 bridgehead atoms. The van der Waals surface area contributed by atoms with E-state index in [0.29, 0.717) is 24.3 Å². The first-order valence-corrected chi connectivity index (χ1v) is 12.8. The van der Waals surface area contributed by atoms with E-state index in [1.54, 1.807) is 17.5 Å². The fourth-order valence-corrected chi connectivity index (χ4v) is 6.04. The van der Waals surface area contributed by atoms with E-state index in [-0.39, 0.29) is 36.3 Å². The Morgan fingerprint density at radius 1 is 1.15 bits per heavy atom. The number of sulfonamides is 1. The standard InChI is InChI=1S/C21H23FN4O5S2/c22-14-5-7-15(8-6-14)33(30,31)25-10-11-26(21(29)18-4-2-12-32-18)17(13-25)20(28)24-16-3-1-9-23-19(16)27/h2,4-8,12,16-17H,1,3,9-11,13H2,(H,23,27)(H,24,28)/t16-,17+/m0/s1. The minimum absolute atomic E-state index is 0.00783. The van der Waals surface area contributed by atoms with E-state index in [9.17, 15) is 27.2 Å². The van der Waals surface area contributed by atoms with E-state index in [2.05, 4.69) is 10.6 Å². The van der Waals surface area contributed by atoms with Crippen LogP contribution in [0.15, 0.2) is 46.7 Å². The van der Waals surface area contributed by atoms with Crippen molar-refractivity contribution in [1.29, 1.82) is 0 Å². The largest absolute Gasteiger partial charge is 0.354 e. The molecular formula is C21H23FN4O5S2. The molecule has 2 atom stereocenters. The Hall–Kier alpha value is -2.83. The number of nitrogens with one attached hydrogen (secondary N) is 2. The molecule has 0 radical (unpaired) electrons. The second kappa shape index (κ2) is 9.57. The molecule has 1 aromatic carbocycles. The van der Waals surface area contributed by atoms with Crippen molar-refractivity contribution < 1.29 is 27.2 Å². The Kier molecular flexibility index (Phi) is 6.77. The van der Waals surface area contributed by atoms with Crippen molar-refractivity contribution in [3.8, 4) is 0 Å². The van der Waals surface area contributed by atoms with Gasteiger partial charge in [-0.3, -0.25) is 14.4 Å². The lowest BCUT2D eigenvalue weighted by molar-refractivity contribution is -0.133. The number of benzene rings is 1. The van der Waals surface area contributed by atoms with Crippen LogP contribution in [0.5, 0.6) is 0 Å². The third kappa shape index (κ3) is 4.92. The van der Waals surface area contributed by atoms with Crippen LogP contribution in [-0.2, 0) is 19.6 Å². The first-order chi connectivity index (χ1) is 15.8. The number of nitrogens with zero attached hydrogens (tertiary/aromatic N) is 2. The summed E-state index contributed by atoms with van der Waals surface area (Å²) in [5, 5.41) is 7.10. The summed E-state index contributed by atoms with van der Waals surface area (Å²) < 4.78 is 40.6. The van der Waals surface area contributed by atoms with E-state index in [1.807, 2.05) is 0 Å². The van der Waals surface area contributed by atoms with Gasteiger partial charge in [0.1, 0.15) is 17.9 Å². The Morgan fingerprint density at radius 2 is 1.91 bits per heavy atom. The molecule has 4 rings (SSSR count). The van der Waals surface area contributed by atoms with Crippen molar-refractivity contribution in [2.75, 3.05) is 26.2 Å². The summed E-state index contributed by atoms with van der Waals surface area (Å²) in [5.41, 5.74) is 0. The van der Waals surface area contributed by atoms with Gasteiger partial charge in [0.15, 0.2) is 0 Å². The van der Waals surface area contributed by atoms with Crippen LogP contribution in [0.1, 0.15) is 22.5 Å². The van der Waals surface area contributed by atoms with Crippen molar-refractivity contribution >= 4 is 39.1 Å². The molecular weight excluding hydrogens is 471 g/mol. The Labute approximate surface area is 194 Å². The number of piperazine rings is 1. The number of halogens is 1. The molecule has 3 heterocycles. The van der Waals surface area contributed by atoms with Gasteiger partial charge in [-0.05, 0) is 48.6 Å². The molecule has 2 N–H and O–H groups in total. The van der Waals surface area contributed by atoms with Gasteiger partial charge in [-0.2, -0.15) is 4.31 Å². The maximum Gasteiger partial charge on any atom is 0.264 e. The molecule has 33 heavy (non-hydrogen) atoms.